The van der Waals surface area contributed by atoms with Crippen molar-refractivity contribution in [3.8, 4) is 0 Å². The van der Waals surface area contributed by atoms with Crippen LogP contribution in [-0.4, -0.2) is 75.1 Å². The Labute approximate surface area is 288 Å². The van der Waals surface area contributed by atoms with Gasteiger partial charge >= 0.3 is 6.09 Å². The molecule has 264 valence electrons. The molecule has 1 saturated heterocycles. The van der Waals surface area contributed by atoms with Crippen LogP contribution in [-0.2, 0) is 30.5 Å². The van der Waals surface area contributed by atoms with E-state index in [9.17, 15) is 19.2 Å². The molecule has 1 fully saturated rings. The van der Waals surface area contributed by atoms with Crippen LogP contribution in [0, 0.1) is 12.8 Å². The molecule has 12 heteroatoms. The van der Waals surface area contributed by atoms with Gasteiger partial charge in [0.2, 0.25) is 11.8 Å². The summed E-state index contributed by atoms with van der Waals surface area (Å²) in [5, 5.41) is 8.06. The highest BCUT2D eigenvalue weighted by atomic mass is 16.6. The van der Waals surface area contributed by atoms with Crippen molar-refractivity contribution in [2.45, 2.75) is 91.1 Å². The summed E-state index contributed by atoms with van der Waals surface area (Å²) < 4.78 is 12.9. The molecular formula is C37H50N6O6. The van der Waals surface area contributed by atoms with Gasteiger partial charge in [0.15, 0.2) is 5.82 Å². The second-order valence-corrected chi connectivity index (χ2v) is 14.3. The first-order valence-electron chi connectivity index (χ1n) is 16.7. The molecule has 49 heavy (non-hydrogen) atoms. The minimum atomic E-state index is -1.42. The summed E-state index contributed by atoms with van der Waals surface area (Å²) in [5.41, 5.74) is 0.600. The molecule has 4 amide bonds. The van der Waals surface area contributed by atoms with Gasteiger partial charge in [-0.3, -0.25) is 14.4 Å². The van der Waals surface area contributed by atoms with Crippen LogP contribution >= 0.6 is 0 Å². The molecule has 1 aromatic heterocycles. The maximum atomic E-state index is 13.9. The third-order valence-electron chi connectivity index (χ3n) is 8.27. The van der Waals surface area contributed by atoms with E-state index in [-0.39, 0.29) is 24.9 Å². The van der Waals surface area contributed by atoms with Crippen molar-refractivity contribution in [1.82, 2.24) is 25.1 Å². The highest BCUT2D eigenvalue weighted by Crippen LogP contribution is 2.26. The maximum Gasteiger partial charge on any atom is 0.408 e. The van der Waals surface area contributed by atoms with Crippen LogP contribution < -0.4 is 16.0 Å². The fourth-order valence-electron chi connectivity index (χ4n) is 5.35. The van der Waals surface area contributed by atoms with Gasteiger partial charge in [-0.1, -0.05) is 67.1 Å². The lowest BCUT2D eigenvalue weighted by atomic mass is 9.97. The Hall–Kier alpha value is -4.71. The number of carbonyl (C=O) groups excluding carboxylic acids is 4. The number of rotatable bonds is 12. The van der Waals surface area contributed by atoms with Crippen molar-refractivity contribution in [3.05, 3.63) is 83.8 Å². The van der Waals surface area contributed by atoms with Crippen molar-refractivity contribution in [2.75, 3.05) is 25.0 Å². The monoisotopic (exact) mass is 674 g/mol. The van der Waals surface area contributed by atoms with Gasteiger partial charge < -0.3 is 34.9 Å². The van der Waals surface area contributed by atoms with E-state index in [4.69, 9.17) is 9.47 Å². The predicted molar refractivity (Wildman–Crippen MR) is 187 cm³/mol. The standard InChI is InChI=1S/C37H50N6O6/c1-25-13-15-28(16-14-25)31(33(45)42-19-17-26(2)18-20-42)43-21-30(38-24-43)40-32(44)29(23-48-22-27-11-9-8-10-12-27)39-34(46)37(6,7)41-35(47)49-36(3,4)5/h8-16,21,24,26,29,31H,17-20,22-23H2,1-7H3,(H,39,46)(H,40,44)(H,41,47)/t29-,31?/m1/s1. The van der Waals surface area contributed by atoms with Crippen LogP contribution in [0.4, 0.5) is 10.6 Å². The number of hydrogen-bond acceptors (Lipinski definition) is 7. The van der Waals surface area contributed by atoms with Gasteiger partial charge in [-0.05, 0) is 71.4 Å². The molecule has 0 radical (unpaired) electrons. The smallest absolute Gasteiger partial charge is 0.408 e. The van der Waals surface area contributed by atoms with Crippen molar-refractivity contribution in [3.63, 3.8) is 0 Å². The first kappa shape index (κ1) is 37.1. The van der Waals surface area contributed by atoms with E-state index in [1.54, 1.807) is 31.5 Å². The number of piperidine rings is 1. The van der Waals surface area contributed by atoms with Crippen molar-refractivity contribution in [1.29, 1.82) is 0 Å². The van der Waals surface area contributed by atoms with Gasteiger partial charge in [0.1, 0.15) is 23.2 Å². The number of nitrogens with one attached hydrogen (secondary N) is 3. The third kappa shape index (κ3) is 10.9. The van der Waals surface area contributed by atoms with Crippen molar-refractivity contribution < 1.29 is 28.7 Å². The van der Waals surface area contributed by atoms with Crippen LogP contribution in [0.15, 0.2) is 67.1 Å². The van der Waals surface area contributed by atoms with E-state index in [1.165, 1.54) is 20.2 Å². The molecule has 12 nitrogen and oxygen atoms in total. The van der Waals surface area contributed by atoms with Crippen molar-refractivity contribution in [2.24, 2.45) is 5.92 Å². The number of aryl methyl sites for hydroxylation is 1. The molecule has 0 saturated carbocycles. The zero-order chi connectivity index (χ0) is 35.8. The minimum Gasteiger partial charge on any atom is -0.444 e. The second kappa shape index (κ2) is 16.1. The number of aromatic nitrogens is 2. The summed E-state index contributed by atoms with van der Waals surface area (Å²) >= 11 is 0. The van der Waals surface area contributed by atoms with Crippen LogP contribution in [0.2, 0.25) is 0 Å². The summed E-state index contributed by atoms with van der Waals surface area (Å²) in [6, 6.07) is 15.4. The first-order valence-corrected chi connectivity index (χ1v) is 16.7. The average Bonchev–Trinajstić information content (AvgIpc) is 3.48. The number of anilines is 1. The molecular weight excluding hydrogens is 624 g/mol. The van der Waals surface area contributed by atoms with E-state index in [1.807, 2.05) is 66.4 Å². The molecule has 1 aliphatic heterocycles. The zero-order valence-corrected chi connectivity index (χ0v) is 29.6. The van der Waals surface area contributed by atoms with Crippen LogP contribution in [0.1, 0.15) is 77.1 Å². The number of nitrogens with zero attached hydrogens (tertiary/aromatic N) is 3. The molecule has 1 unspecified atom stereocenters. The number of hydrogen-bond donors (Lipinski definition) is 3. The largest absolute Gasteiger partial charge is 0.444 e. The third-order valence-corrected chi connectivity index (χ3v) is 8.27. The summed E-state index contributed by atoms with van der Waals surface area (Å²) in [5.74, 6) is -0.460. The molecule has 3 N–H and O–H groups in total. The van der Waals surface area contributed by atoms with Gasteiger partial charge in [-0.15, -0.1) is 0 Å². The molecule has 4 rings (SSSR count). The Bertz CT molecular complexity index is 1570. The van der Waals surface area contributed by atoms with Gasteiger partial charge in [-0.25, -0.2) is 9.78 Å². The molecule has 0 aliphatic carbocycles. The molecule has 0 bridgehead atoms. The van der Waals surface area contributed by atoms with E-state index in [0.717, 1.165) is 29.5 Å². The van der Waals surface area contributed by atoms with Crippen LogP contribution in [0.5, 0.6) is 0 Å². The Morgan fingerprint density at radius 1 is 0.959 bits per heavy atom. The highest BCUT2D eigenvalue weighted by molar-refractivity contribution is 5.98. The quantitative estimate of drug-likeness (QED) is 0.246. The number of carbonyl (C=O) groups is 4. The normalized spacial score (nSPS) is 15.2. The number of likely N-dealkylation sites (tertiary alicyclic amines) is 1. The summed E-state index contributed by atoms with van der Waals surface area (Å²) in [6.07, 6.45) is 4.27. The number of amides is 4. The zero-order valence-electron chi connectivity index (χ0n) is 29.6. The molecule has 2 heterocycles. The minimum absolute atomic E-state index is 0.0369. The summed E-state index contributed by atoms with van der Waals surface area (Å²) in [6.45, 7) is 13.8. The number of ether oxygens (including phenoxy) is 2. The molecule has 3 aromatic rings. The van der Waals surface area contributed by atoms with Gasteiger partial charge in [0.25, 0.3) is 5.91 Å². The van der Waals surface area contributed by atoms with E-state index in [0.29, 0.717) is 19.0 Å². The van der Waals surface area contributed by atoms with E-state index in [2.05, 4.69) is 27.9 Å². The Balaban J connectivity index is 1.52. The van der Waals surface area contributed by atoms with E-state index < -0.39 is 41.1 Å². The fourth-order valence-corrected chi connectivity index (χ4v) is 5.35. The maximum absolute atomic E-state index is 13.9. The van der Waals surface area contributed by atoms with E-state index >= 15 is 0 Å². The first-order chi connectivity index (χ1) is 23.1. The number of imidazole rings is 1. The molecule has 2 atom stereocenters. The molecule has 0 spiro atoms. The lowest BCUT2D eigenvalue weighted by Crippen LogP contribution is -2.59. The summed E-state index contributed by atoms with van der Waals surface area (Å²) in [7, 11) is 0. The second-order valence-electron chi connectivity index (χ2n) is 14.3. The SMILES string of the molecule is Cc1ccc(C(C(=O)N2CCC(C)CC2)n2cnc(NC(=O)[C@@H](COCc3ccccc3)NC(=O)C(C)(C)NC(=O)OC(C)(C)C)c2)cc1. The topological polar surface area (TPSA) is 144 Å². The van der Waals surface area contributed by atoms with Crippen LogP contribution in [0.25, 0.3) is 0 Å². The predicted octanol–water partition coefficient (Wildman–Crippen LogP) is 4.98. The number of alkyl carbamates (subject to hydrolysis) is 1. The highest BCUT2D eigenvalue weighted by Gasteiger charge is 2.35. The number of benzene rings is 2. The van der Waals surface area contributed by atoms with Gasteiger partial charge in [0, 0.05) is 19.3 Å². The molecule has 2 aromatic carbocycles. The van der Waals surface area contributed by atoms with Gasteiger partial charge in [0.05, 0.1) is 19.5 Å². The average molecular weight is 675 g/mol. The van der Waals surface area contributed by atoms with Crippen molar-refractivity contribution >= 4 is 29.6 Å². The molecule has 1 aliphatic rings. The lowest BCUT2D eigenvalue weighted by molar-refractivity contribution is -0.135. The Morgan fingerprint density at radius 2 is 1.61 bits per heavy atom. The van der Waals surface area contributed by atoms with Crippen LogP contribution in [0.3, 0.4) is 0 Å². The lowest BCUT2D eigenvalue weighted by Gasteiger charge is -2.33. The Kier molecular flexibility index (Phi) is 12.2. The summed E-state index contributed by atoms with van der Waals surface area (Å²) in [4.78, 5) is 59.8. The van der Waals surface area contributed by atoms with Gasteiger partial charge in [-0.2, -0.15) is 0 Å². The fraction of sp³-hybridized carbons (Fsp3) is 0.486. The Morgan fingerprint density at radius 3 is 2.24 bits per heavy atom.